The van der Waals surface area contributed by atoms with Crippen molar-refractivity contribution in [2.45, 2.75) is 39.2 Å². The second kappa shape index (κ2) is 7.89. The van der Waals surface area contributed by atoms with Crippen LogP contribution in [0.15, 0.2) is 36.4 Å². The first-order valence-corrected chi connectivity index (χ1v) is 10.1. The van der Waals surface area contributed by atoms with Crippen molar-refractivity contribution in [3.8, 4) is 17.2 Å². The molecule has 1 unspecified atom stereocenters. The van der Waals surface area contributed by atoms with Gasteiger partial charge < -0.3 is 19.5 Å². The number of rotatable bonds is 7. The minimum absolute atomic E-state index is 0.198. The third kappa shape index (κ3) is 4.06. The molecule has 4 rings (SSSR count). The van der Waals surface area contributed by atoms with E-state index >= 15 is 0 Å². The Kier molecular flexibility index (Phi) is 5.28. The minimum Gasteiger partial charge on any atom is -0.494 e. The van der Waals surface area contributed by atoms with Crippen LogP contribution in [-0.2, 0) is 11.2 Å². The number of nitrogens with zero attached hydrogens (tertiary/aromatic N) is 1. The summed E-state index contributed by atoms with van der Waals surface area (Å²) in [6, 6.07) is 11.2. The van der Waals surface area contributed by atoms with Gasteiger partial charge in [-0.3, -0.25) is 9.69 Å². The zero-order chi connectivity index (χ0) is 21.3. The van der Waals surface area contributed by atoms with Gasteiger partial charge in [0, 0.05) is 13.0 Å². The summed E-state index contributed by atoms with van der Waals surface area (Å²) in [5, 5.41) is 2.84. The highest BCUT2D eigenvalue weighted by molar-refractivity contribution is 6.06. The number of aryl methyl sites for hydroxylation is 2. The van der Waals surface area contributed by atoms with E-state index in [4.69, 9.17) is 14.2 Å². The SMILES string of the molecule is Cc1cc(C)cc(OCCCN2C(=O)NC(C)(Cc3ccc4c(c3)OCO4)C2=O)c1. The summed E-state index contributed by atoms with van der Waals surface area (Å²) in [4.78, 5) is 26.7. The maximum Gasteiger partial charge on any atom is 0.325 e. The van der Waals surface area contributed by atoms with Crippen molar-refractivity contribution in [1.82, 2.24) is 10.2 Å². The second-order valence-corrected chi connectivity index (χ2v) is 8.11. The molecule has 2 aromatic rings. The molecular formula is C23H26N2O5. The maximum absolute atomic E-state index is 13.0. The first-order valence-electron chi connectivity index (χ1n) is 10.1. The average Bonchev–Trinajstić information content (AvgIpc) is 3.21. The Morgan fingerprint density at radius 1 is 1.07 bits per heavy atom. The molecule has 2 heterocycles. The third-order valence-electron chi connectivity index (χ3n) is 5.33. The van der Waals surface area contributed by atoms with Gasteiger partial charge in [-0.25, -0.2) is 4.79 Å². The predicted molar refractivity (Wildman–Crippen MR) is 111 cm³/mol. The summed E-state index contributed by atoms with van der Waals surface area (Å²) in [5.74, 6) is 1.93. The van der Waals surface area contributed by atoms with Gasteiger partial charge >= 0.3 is 6.03 Å². The van der Waals surface area contributed by atoms with Crippen molar-refractivity contribution in [1.29, 1.82) is 0 Å². The molecule has 2 aliphatic heterocycles. The number of carbonyl (C=O) groups is 2. The van der Waals surface area contributed by atoms with E-state index < -0.39 is 5.54 Å². The Bertz CT molecular complexity index is 969. The van der Waals surface area contributed by atoms with Crippen molar-refractivity contribution in [2.75, 3.05) is 19.9 Å². The molecule has 1 saturated heterocycles. The van der Waals surface area contributed by atoms with Crippen LogP contribution in [0.3, 0.4) is 0 Å². The summed E-state index contributed by atoms with van der Waals surface area (Å²) >= 11 is 0. The molecule has 30 heavy (non-hydrogen) atoms. The summed E-state index contributed by atoms with van der Waals surface area (Å²) < 4.78 is 16.5. The van der Waals surface area contributed by atoms with Crippen LogP contribution >= 0.6 is 0 Å². The summed E-state index contributed by atoms with van der Waals surface area (Å²) in [6.07, 6.45) is 0.941. The van der Waals surface area contributed by atoms with Crippen LogP contribution in [0, 0.1) is 13.8 Å². The highest BCUT2D eigenvalue weighted by atomic mass is 16.7. The van der Waals surface area contributed by atoms with Crippen LogP contribution in [0.2, 0.25) is 0 Å². The second-order valence-electron chi connectivity index (χ2n) is 8.11. The van der Waals surface area contributed by atoms with Crippen molar-refractivity contribution < 1.29 is 23.8 Å². The van der Waals surface area contributed by atoms with E-state index in [1.54, 1.807) is 6.92 Å². The van der Waals surface area contributed by atoms with Crippen molar-refractivity contribution in [3.05, 3.63) is 53.1 Å². The molecule has 0 bridgehead atoms. The van der Waals surface area contributed by atoms with Crippen LogP contribution in [0.4, 0.5) is 4.79 Å². The number of imide groups is 1. The predicted octanol–water partition coefficient (Wildman–Crippen LogP) is 3.35. The van der Waals surface area contributed by atoms with Crippen LogP contribution in [0.25, 0.3) is 0 Å². The summed E-state index contributed by atoms with van der Waals surface area (Å²) in [6.45, 7) is 6.74. The van der Waals surface area contributed by atoms with Gasteiger partial charge in [0.15, 0.2) is 11.5 Å². The lowest BCUT2D eigenvalue weighted by Crippen LogP contribution is -2.46. The van der Waals surface area contributed by atoms with Gasteiger partial charge in [0.25, 0.3) is 5.91 Å². The van der Waals surface area contributed by atoms with Gasteiger partial charge in [0.2, 0.25) is 6.79 Å². The zero-order valence-corrected chi connectivity index (χ0v) is 17.5. The normalized spacial score (nSPS) is 19.9. The van der Waals surface area contributed by atoms with Crippen molar-refractivity contribution in [2.24, 2.45) is 0 Å². The van der Waals surface area contributed by atoms with E-state index in [0.29, 0.717) is 37.5 Å². The first-order chi connectivity index (χ1) is 14.3. The number of carbonyl (C=O) groups excluding carboxylic acids is 2. The molecule has 2 aliphatic rings. The Labute approximate surface area is 175 Å². The molecule has 7 heteroatoms. The summed E-state index contributed by atoms with van der Waals surface area (Å²) in [5.41, 5.74) is 2.19. The molecule has 2 aromatic carbocycles. The molecule has 0 aromatic heterocycles. The monoisotopic (exact) mass is 410 g/mol. The fourth-order valence-corrected chi connectivity index (χ4v) is 3.96. The van der Waals surface area contributed by atoms with E-state index in [2.05, 4.69) is 11.4 Å². The highest BCUT2D eigenvalue weighted by Crippen LogP contribution is 2.34. The minimum atomic E-state index is -0.987. The lowest BCUT2D eigenvalue weighted by Gasteiger charge is -2.22. The zero-order valence-electron chi connectivity index (χ0n) is 17.5. The van der Waals surface area contributed by atoms with Crippen LogP contribution in [0.5, 0.6) is 17.2 Å². The molecule has 0 aliphatic carbocycles. The standard InChI is InChI=1S/C23H26N2O5/c1-15-9-16(2)11-18(10-15)28-8-4-7-25-21(26)23(3,24-22(25)27)13-17-5-6-19-20(12-17)30-14-29-19/h5-6,9-12H,4,7-8,13-14H2,1-3H3,(H,24,27). The van der Waals surface area contributed by atoms with Crippen molar-refractivity contribution >= 4 is 11.9 Å². The quantitative estimate of drug-likeness (QED) is 0.560. The van der Waals surface area contributed by atoms with Gasteiger partial charge in [-0.05, 0) is 68.1 Å². The van der Waals surface area contributed by atoms with E-state index in [9.17, 15) is 9.59 Å². The lowest BCUT2D eigenvalue weighted by atomic mass is 9.92. The van der Waals surface area contributed by atoms with Gasteiger partial charge in [0.05, 0.1) is 6.61 Å². The number of ether oxygens (including phenoxy) is 3. The smallest absolute Gasteiger partial charge is 0.325 e. The Hall–Kier alpha value is -3.22. The molecule has 0 spiro atoms. The first kappa shape index (κ1) is 20.1. The molecule has 158 valence electrons. The molecule has 7 nitrogen and oxygen atoms in total. The lowest BCUT2D eigenvalue weighted by molar-refractivity contribution is -0.130. The molecule has 3 amide bonds. The van der Waals surface area contributed by atoms with Gasteiger partial charge in [0.1, 0.15) is 11.3 Å². The van der Waals surface area contributed by atoms with Gasteiger partial charge in [-0.1, -0.05) is 12.1 Å². The van der Waals surface area contributed by atoms with E-state index in [1.807, 2.05) is 44.2 Å². The number of nitrogens with one attached hydrogen (secondary N) is 1. The number of amides is 3. The molecule has 0 saturated carbocycles. The molecule has 1 N–H and O–H groups in total. The van der Waals surface area contributed by atoms with E-state index in [1.165, 1.54) is 4.90 Å². The van der Waals surface area contributed by atoms with Crippen LogP contribution < -0.4 is 19.5 Å². The fourth-order valence-electron chi connectivity index (χ4n) is 3.96. The molecular weight excluding hydrogens is 384 g/mol. The number of benzene rings is 2. The van der Waals surface area contributed by atoms with E-state index in [0.717, 1.165) is 22.4 Å². The van der Waals surface area contributed by atoms with Gasteiger partial charge in [-0.15, -0.1) is 0 Å². The third-order valence-corrected chi connectivity index (χ3v) is 5.33. The maximum atomic E-state index is 13.0. The molecule has 0 radical (unpaired) electrons. The summed E-state index contributed by atoms with van der Waals surface area (Å²) in [7, 11) is 0. The van der Waals surface area contributed by atoms with Crippen LogP contribution in [-0.4, -0.2) is 42.3 Å². The van der Waals surface area contributed by atoms with Gasteiger partial charge in [-0.2, -0.15) is 0 Å². The Morgan fingerprint density at radius 3 is 2.57 bits per heavy atom. The number of hydrogen-bond acceptors (Lipinski definition) is 5. The number of hydrogen-bond donors (Lipinski definition) is 1. The topological polar surface area (TPSA) is 77.1 Å². The molecule has 1 atom stereocenters. The average molecular weight is 410 g/mol. The number of fused-ring (bicyclic) bond motifs is 1. The van der Waals surface area contributed by atoms with Crippen LogP contribution in [0.1, 0.15) is 30.0 Å². The molecule has 1 fully saturated rings. The largest absolute Gasteiger partial charge is 0.494 e. The highest BCUT2D eigenvalue weighted by Gasteiger charge is 2.47. The number of urea groups is 1. The van der Waals surface area contributed by atoms with E-state index in [-0.39, 0.29) is 18.7 Å². The van der Waals surface area contributed by atoms with Crippen molar-refractivity contribution in [3.63, 3.8) is 0 Å². The fraction of sp³-hybridized carbons (Fsp3) is 0.391. The Balaban J connectivity index is 1.34. The Morgan fingerprint density at radius 2 is 1.80 bits per heavy atom.